The lowest BCUT2D eigenvalue weighted by Gasteiger charge is -2.09. The molecule has 1 aliphatic rings. The lowest BCUT2D eigenvalue weighted by atomic mass is 10.2. The number of nitrogen functional groups attached to an aromatic ring is 1. The van der Waals surface area contributed by atoms with Crippen LogP contribution < -0.4 is 10.5 Å². The van der Waals surface area contributed by atoms with E-state index in [9.17, 15) is 0 Å². The number of nitrogens with zero attached hydrogens (tertiary/aromatic N) is 3. The van der Waals surface area contributed by atoms with Crippen LogP contribution in [0.4, 0.5) is 5.69 Å². The molecule has 0 amide bonds. The fourth-order valence-electron chi connectivity index (χ4n) is 2.73. The number of anilines is 1. The molecular weight excluding hydrogens is 264 g/mol. The molecule has 0 radical (unpaired) electrons. The molecule has 2 N–H and O–H groups in total. The van der Waals surface area contributed by atoms with Gasteiger partial charge in [-0.2, -0.15) is 10.4 Å². The highest BCUT2D eigenvalue weighted by molar-refractivity contribution is 5.56. The Kier molecular flexibility index (Phi) is 3.78. The third-order valence-corrected chi connectivity index (χ3v) is 3.88. The second kappa shape index (κ2) is 5.88. The van der Waals surface area contributed by atoms with Crippen LogP contribution in [0.3, 0.4) is 0 Å². The van der Waals surface area contributed by atoms with Crippen LogP contribution in [0.25, 0.3) is 0 Å². The Hall–Kier alpha value is -2.48. The Morgan fingerprint density at radius 1 is 1.33 bits per heavy atom. The Labute approximate surface area is 123 Å². The minimum Gasteiger partial charge on any atom is -0.485 e. The standard InChI is InChI=1S/C16H18N4O/c17-10-12-5-6-16(15(18)9-12)21-11-13-7-8-20(19-13)14-3-1-2-4-14/h5-9,14H,1-4,11,18H2. The maximum atomic E-state index is 8.81. The summed E-state index contributed by atoms with van der Waals surface area (Å²) in [7, 11) is 0. The van der Waals surface area contributed by atoms with Crippen molar-refractivity contribution in [3.63, 3.8) is 0 Å². The molecule has 2 aromatic rings. The van der Waals surface area contributed by atoms with Crippen molar-refractivity contribution >= 4 is 5.69 Å². The van der Waals surface area contributed by atoms with Gasteiger partial charge < -0.3 is 10.5 Å². The molecule has 108 valence electrons. The quantitative estimate of drug-likeness (QED) is 0.874. The normalized spacial score (nSPS) is 15.0. The first-order valence-corrected chi connectivity index (χ1v) is 7.23. The summed E-state index contributed by atoms with van der Waals surface area (Å²) in [6.45, 7) is 0.385. The van der Waals surface area contributed by atoms with E-state index < -0.39 is 0 Å². The SMILES string of the molecule is N#Cc1ccc(OCc2ccn(C3CCCC3)n2)c(N)c1. The summed E-state index contributed by atoms with van der Waals surface area (Å²) in [6, 6.07) is 9.62. The number of rotatable bonds is 4. The molecule has 0 bridgehead atoms. The van der Waals surface area contributed by atoms with Gasteiger partial charge >= 0.3 is 0 Å². The summed E-state index contributed by atoms with van der Waals surface area (Å²) in [6.07, 6.45) is 7.03. The second-order valence-electron chi connectivity index (χ2n) is 5.38. The van der Waals surface area contributed by atoms with Crippen molar-refractivity contribution in [2.75, 3.05) is 5.73 Å². The summed E-state index contributed by atoms with van der Waals surface area (Å²) in [5, 5.41) is 13.4. The van der Waals surface area contributed by atoms with Gasteiger partial charge in [0.25, 0.3) is 0 Å². The molecule has 1 aromatic heterocycles. The molecule has 0 saturated heterocycles. The average molecular weight is 282 g/mol. The number of nitrogens with two attached hydrogens (primary N) is 1. The Bertz CT molecular complexity index is 665. The first-order chi connectivity index (χ1) is 10.3. The maximum Gasteiger partial charge on any atom is 0.142 e. The zero-order valence-electron chi connectivity index (χ0n) is 11.8. The molecular formula is C16H18N4O. The highest BCUT2D eigenvalue weighted by Crippen LogP contribution is 2.29. The summed E-state index contributed by atoms with van der Waals surface area (Å²) in [4.78, 5) is 0. The molecule has 1 heterocycles. The topological polar surface area (TPSA) is 76.9 Å². The molecule has 1 aromatic carbocycles. The third kappa shape index (κ3) is 3.00. The van der Waals surface area contributed by atoms with Gasteiger partial charge in [-0.25, -0.2) is 0 Å². The van der Waals surface area contributed by atoms with Gasteiger partial charge in [0.05, 0.1) is 29.1 Å². The molecule has 0 aliphatic heterocycles. The van der Waals surface area contributed by atoms with Gasteiger partial charge in [-0.05, 0) is 37.1 Å². The lowest BCUT2D eigenvalue weighted by Crippen LogP contribution is -2.06. The summed E-state index contributed by atoms with van der Waals surface area (Å²) in [5.74, 6) is 0.587. The summed E-state index contributed by atoms with van der Waals surface area (Å²) < 4.78 is 7.74. The smallest absolute Gasteiger partial charge is 0.142 e. The highest BCUT2D eigenvalue weighted by atomic mass is 16.5. The predicted octanol–water partition coefficient (Wildman–Crippen LogP) is 3.03. The number of aromatic nitrogens is 2. The molecule has 5 heteroatoms. The van der Waals surface area contributed by atoms with Gasteiger partial charge in [0.15, 0.2) is 0 Å². The van der Waals surface area contributed by atoms with Crippen molar-refractivity contribution in [3.05, 3.63) is 41.7 Å². The number of ether oxygens (including phenoxy) is 1. The van der Waals surface area contributed by atoms with Crippen molar-refractivity contribution in [1.29, 1.82) is 5.26 Å². The minimum atomic E-state index is 0.385. The number of nitriles is 1. The lowest BCUT2D eigenvalue weighted by molar-refractivity contribution is 0.299. The zero-order valence-corrected chi connectivity index (χ0v) is 11.8. The van der Waals surface area contributed by atoms with Gasteiger partial charge in [-0.3, -0.25) is 4.68 Å². The van der Waals surface area contributed by atoms with Crippen molar-refractivity contribution in [3.8, 4) is 11.8 Å². The van der Waals surface area contributed by atoms with Gasteiger partial charge in [0, 0.05) is 6.20 Å². The second-order valence-corrected chi connectivity index (χ2v) is 5.38. The first kappa shape index (κ1) is 13.5. The van der Waals surface area contributed by atoms with Crippen molar-refractivity contribution in [2.24, 2.45) is 0 Å². The van der Waals surface area contributed by atoms with Gasteiger partial charge in [0.2, 0.25) is 0 Å². The largest absolute Gasteiger partial charge is 0.485 e. The third-order valence-electron chi connectivity index (χ3n) is 3.88. The van der Waals surface area contributed by atoms with Crippen LogP contribution in [0.5, 0.6) is 5.75 Å². The Morgan fingerprint density at radius 3 is 2.86 bits per heavy atom. The fraction of sp³-hybridized carbons (Fsp3) is 0.375. The van der Waals surface area contributed by atoms with Crippen LogP contribution in [0.2, 0.25) is 0 Å². The molecule has 1 fully saturated rings. The molecule has 0 unspecified atom stereocenters. The number of hydrogen-bond acceptors (Lipinski definition) is 4. The van der Waals surface area contributed by atoms with Crippen molar-refractivity contribution in [1.82, 2.24) is 9.78 Å². The highest BCUT2D eigenvalue weighted by Gasteiger charge is 2.17. The van der Waals surface area contributed by atoms with Crippen LogP contribution in [-0.2, 0) is 6.61 Å². The predicted molar refractivity (Wildman–Crippen MR) is 79.6 cm³/mol. The first-order valence-electron chi connectivity index (χ1n) is 7.23. The molecule has 5 nitrogen and oxygen atoms in total. The Balaban J connectivity index is 1.64. The van der Waals surface area contributed by atoms with E-state index in [2.05, 4.69) is 11.2 Å². The van der Waals surface area contributed by atoms with E-state index in [4.69, 9.17) is 15.7 Å². The molecule has 21 heavy (non-hydrogen) atoms. The minimum absolute atomic E-state index is 0.385. The van der Waals surface area contributed by atoms with Gasteiger partial charge in [-0.1, -0.05) is 12.8 Å². The monoisotopic (exact) mass is 282 g/mol. The van der Waals surface area contributed by atoms with Gasteiger partial charge in [-0.15, -0.1) is 0 Å². The van der Waals surface area contributed by atoms with Crippen LogP contribution in [0, 0.1) is 11.3 Å². The van der Waals surface area contributed by atoms with Crippen LogP contribution in [0.1, 0.15) is 43.0 Å². The van der Waals surface area contributed by atoms with Crippen molar-refractivity contribution in [2.45, 2.75) is 38.3 Å². The molecule has 0 spiro atoms. The van der Waals surface area contributed by atoms with E-state index in [-0.39, 0.29) is 0 Å². The maximum absolute atomic E-state index is 8.81. The molecule has 3 rings (SSSR count). The van der Waals surface area contributed by atoms with E-state index in [0.29, 0.717) is 29.6 Å². The van der Waals surface area contributed by atoms with E-state index in [1.54, 1.807) is 18.2 Å². The van der Waals surface area contributed by atoms with Crippen molar-refractivity contribution < 1.29 is 4.74 Å². The van der Waals surface area contributed by atoms with E-state index in [1.165, 1.54) is 25.7 Å². The van der Waals surface area contributed by atoms with Crippen LogP contribution in [-0.4, -0.2) is 9.78 Å². The van der Waals surface area contributed by atoms with E-state index in [1.807, 2.05) is 16.9 Å². The van der Waals surface area contributed by atoms with E-state index >= 15 is 0 Å². The number of hydrogen-bond donors (Lipinski definition) is 1. The van der Waals surface area contributed by atoms with Crippen LogP contribution >= 0.6 is 0 Å². The molecule has 1 aliphatic carbocycles. The number of benzene rings is 1. The van der Waals surface area contributed by atoms with Gasteiger partial charge in [0.1, 0.15) is 12.4 Å². The zero-order chi connectivity index (χ0) is 14.7. The Morgan fingerprint density at radius 2 is 2.14 bits per heavy atom. The fourth-order valence-corrected chi connectivity index (χ4v) is 2.73. The van der Waals surface area contributed by atoms with Crippen LogP contribution in [0.15, 0.2) is 30.5 Å². The van der Waals surface area contributed by atoms with E-state index in [0.717, 1.165) is 5.69 Å². The average Bonchev–Trinajstić information content (AvgIpc) is 3.16. The molecule has 1 saturated carbocycles. The molecule has 0 atom stereocenters. The summed E-state index contributed by atoms with van der Waals surface area (Å²) >= 11 is 0. The summed E-state index contributed by atoms with van der Waals surface area (Å²) in [5.41, 5.74) is 7.77.